The molecule has 0 radical (unpaired) electrons. The van der Waals surface area contributed by atoms with Crippen molar-refractivity contribution in [2.45, 2.75) is 52.1 Å². The topological polar surface area (TPSA) is 71.0 Å². The zero-order valence-electron chi connectivity index (χ0n) is 22.8. The van der Waals surface area contributed by atoms with Crippen LogP contribution in [0.4, 0.5) is 0 Å². The number of hydrogen-bond donors (Lipinski definition) is 0. The number of carbonyl (C=O) groups is 1. The van der Waals surface area contributed by atoms with Gasteiger partial charge in [0.1, 0.15) is 22.7 Å². The highest BCUT2D eigenvalue weighted by Crippen LogP contribution is 2.40. The maximum atomic E-state index is 13.2. The predicted octanol–water partition coefficient (Wildman–Crippen LogP) is 5.29. The van der Waals surface area contributed by atoms with E-state index in [-0.39, 0.29) is 12.2 Å². The van der Waals surface area contributed by atoms with Gasteiger partial charge in [0.2, 0.25) is 6.54 Å². The Bertz CT molecular complexity index is 1410. The first-order valence-corrected chi connectivity index (χ1v) is 14.7. The van der Waals surface area contributed by atoms with E-state index in [0.29, 0.717) is 23.8 Å². The second-order valence-corrected chi connectivity index (χ2v) is 12.0. The van der Waals surface area contributed by atoms with Gasteiger partial charge >= 0.3 is 0 Å². The van der Waals surface area contributed by atoms with E-state index in [1.807, 2.05) is 42.7 Å². The summed E-state index contributed by atoms with van der Waals surface area (Å²) in [6, 6.07) is 7.21. The molecule has 0 amide bonds. The molecule has 2 aromatic heterocycles. The predicted molar refractivity (Wildman–Crippen MR) is 156 cm³/mol. The molecule has 204 valence electrons. The van der Waals surface area contributed by atoms with E-state index >= 15 is 0 Å². The largest absolute Gasteiger partial charge is 0.311 e. The third-order valence-corrected chi connectivity index (χ3v) is 9.15. The van der Waals surface area contributed by atoms with Gasteiger partial charge in [-0.05, 0) is 58.0 Å². The summed E-state index contributed by atoms with van der Waals surface area (Å²) in [5, 5.41) is 10.5. The Balaban J connectivity index is 1.41. The lowest BCUT2D eigenvalue weighted by atomic mass is 9.99. The van der Waals surface area contributed by atoms with Crippen molar-refractivity contribution in [2.24, 2.45) is 4.99 Å². The van der Waals surface area contributed by atoms with Crippen LogP contribution in [-0.4, -0.2) is 75.8 Å². The molecule has 5 rings (SSSR count). The molecule has 2 aliphatic rings. The van der Waals surface area contributed by atoms with E-state index in [1.54, 1.807) is 11.3 Å². The monoisotopic (exact) mass is 563 g/mol. The summed E-state index contributed by atoms with van der Waals surface area (Å²) in [5.74, 6) is 1.62. The molecule has 0 aliphatic carbocycles. The van der Waals surface area contributed by atoms with Crippen molar-refractivity contribution in [2.75, 3.05) is 39.8 Å². The van der Waals surface area contributed by atoms with E-state index < -0.39 is 6.04 Å². The number of piperazine rings is 1. The number of unbranched alkanes of at least 4 members (excludes halogenated alkanes) is 1. The van der Waals surface area contributed by atoms with Crippen LogP contribution >= 0.6 is 22.9 Å². The van der Waals surface area contributed by atoms with Crippen molar-refractivity contribution < 1.29 is 4.79 Å². The van der Waals surface area contributed by atoms with Crippen LogP contribution in [0.15, 0.2) is 29.3 Å². The number of nitrogens with zero attached hydrogens (tertiary/aromatic N) is 7. The number of carbonyl (C=O) groups excluding carboxylic acids is 1. The number of aromatic nitrogens is 3. The molecule has 1 saturated heterocycles. The van der Waals surface area contributed by atoms with Crippen molar-refractivity contribution in [1.29, 1.82) is 0 Å². The molecule has 1 aromatic carbocycles. The van der Waals surface area contributed by atoms with Crippen molar-refractivity contribution in [1.82, 2.24) is 24.6 Å². The number of Topliss-reactive ketones (excluding diaryl/α,β-unsaturated/α-hetero) is 1. The molecule has 1 atom stereocenters. The lowest BCUT2D eigenvalue weighted by molar-refractivity contribution is -0.119. The first-order chi connectivity index (χ1) is 18.9. The quantitative estimate of drug-likeness (QED) is 0.261. The Morgan fingerprint density at radius 1 is 1.13 bits per heavy atom. The normalized spacial score (nSPS) is 17.7. The molecule has 4 heterocycles. The van der Waals surface area contributed by atoms with Crippen molar-refractivity contribution in [3.8, 4) is 5.00 Å². The number of halogens is 1. The molecular weight excluding hydrogens is 530 g/mol. The Morgan fingerprint density at radius 2 is 1.87 bits per heavy atom. The minimum absolute atomic E-state index is 0.195. The summed E-state index contributed by atoms with van der Waals surface area (Å²) in [6.07, 6.45) is 2.73. The first kappa shape index (κ1) is 27.7. The third kappa shape index (κ3) is 5.99. The van der Waals surface area contributed by atoms with Gasteiger partial charge in [-0.1, -0.05) is 23.7 Å². The number of fused-ring (bicyclic) bond motifs is 3. The van der Waals surface area contributed by atoms with Gasteiger partial charge in [-0.25, -0.2) is 6.57 Å². The Hall–Kier alpha value is -2.90. The zero-order chi connectivity index (χ0) is 27.5. The smallest absolute Gasteiger partial charge is 0.249 e. The highest BCUT2D eigenvalue weighted by Gasteiger charge is 2.33. The fraction of sp³-hybridized carbons (Fsp3) is 0.483. The lowest BCUT2D eigenvalue weighted by Gasteiger charge is -2.32. The van der Waals surface area contributed by atoms with E-state index in [2.05, 4.69) is 31.9 Å². The van der Waals surface area contributed by atoms with Gasteiger partial charge < -0.3 is 14.6 Å². The van der Waals surface area contributed by atoms with E-state index in [9.17, 15) is 4.79 Å². The lowest BCUT2D eigenvalue weighted by Crippen LogP contribution is -2.44. The molecule has 0 spiro atoms. The van der Waals surface area contributed by atoms with Crippen LogP contribution in [0, 0.1) is 20.4 Å². The fourth-order valence-electron chi connectivity index (χ4n) is 5.34. The summed E-state index contributed by atoms with van der Waals surface area (Å²) < 4.78 is 2.04. The van der Waals surface area contributed by atoms with E-state index in [1.165, 1.54) is 0 Å². The number of likely N-dealkylation sites (N-methyl/N-ethyl adjacent to an activating group) is 1. The van der Waals surface area contributed by atoms with Gasteiger partial charge in [0, 0.05) is 55.2 Å². The minimum atomic E-state index is -0.440. The average molecular weight is 564 g/mol. The number of aryl methyl sites for hydroxylation is 1. The summed E-state index contributed by atoms with van der Waals surface area (Å²) in [4.78, 5) is 27.9. The number of benzene rings is 1. The first-order valence-electron chi connectivity index (χ1n) is 13.5. The molecule has 0 saturated carbocycles. The maximum absolute atomic E-state index is 13.2. The molecule has 1 fully saturated rings. The Labute approximate surface area is 239 Å². The standard InChI is InChI=1S/C29H34ClN7OS/c1-19-25(18-31-3)39-29-26(19)27(21-8-10-22(30)11-9-21)32-24(28-34-33-20(2)37(28)29)17-23(38)7-5-6-12-36-15-13-35(4)14-16-36/h8-11,24H,5-7,12-18H2,1-2,4H3/t24-/m0/s1. The molecule has 3 aromatic rings. The molecule has 0 bridgehead atoms. The SMILES string of the molecule is [C-]#[N+]Cc1sc2c(c1C)C(c1ccc(Cl)cc1)=N[C@@H](CC(=O)CCCCN1CCN(C)CC1)c1nnc(C)n1-2. The third-order valence-electron chi connectivity index (χ3n) is 7.64. The molecular formula is C29H34ClN7OS. The van der Waals surface area contributed by atoms with E-state index in [4.69, 9.17) is 23.2 Å². The van der Waals surface area contributed by atoms with Crippen LogP contribution in [0.1, 0.15) is 64.9 Å². The van der Waals surface area contributed by atoms with Crippen LogP contribution in [0.25, 0.3) is 9.85 Å². The number of hydrogen-bond acceptors (Lipinski definition) is 7. The maximum Gasteiger partial charge on any atom is 0.249 e. The molecule has 8 nitrogen and oxygen atoms in total. The number of ketones is 1. The summed E-state index contributed by atoms with van der Waals surface area (Å²) in [6.45, 7) is 17.2. The van der Waals surface area contributed by atoms with Crippen LogP contribution in [0.3, 0.4) is 0 Å². The molecule has 2 aliphatic heterocycles. The molecule has 39 heavy (non-hydrogen) atoms. The van der Waals surface area contributed by atoms with E-state index in [0.717, 1.165) is 83.7 Å². The van der Waals surface area contributed by atoms with Gasteiger partial charge in [0.25, 0.3) is 0 Å². The molecule has 0 unspecified atom stereocenters. The average Bonchev–Trinajstić information content (AvgIpc) is 3.41. The van der Waals surface area contributed by atoms with Gasteiger partial charge in [-0.2, -0.15) is 0 Å². The number of thiophene rings is 1. The van der Waals surface area contributed by atoms with Gasteiger partial charge in [0.15, 0.2) is 5.82 Å². The molecule has 0 N–H and O–H groups in total. The van der Waals surface area contributed by atoms with Gasteiger partial charge in [-0.15, -0.1) is 21.5 Å². The second kappa shape index (κ2) is 12.1. The van der Waals surface area contributed by atoms with Crippen LogP contribution in [0.5, 0.6) is 0 Å². The van der Waals surface area contributed by atoms with Gasteiger partial charge in [0.05, 0.1) is 10.6 Å². The summed E-state index contributed by atoms with van der Waals surface area (Å²) in [5.41, 5.74) is 3.75. The second-order valence-electron chi connectivity index (χ2n) is 10.4. The van der Waals surface area contributed by atoms with Crippen LogP contribution in [0.2, 0.25) is 5.02 Å². The van der Waals surface area contributed by atoms with Crippen LogP contribution < -0.4 is 0 Å². The van der Waals surface area contributed by atoms with Crippen molar-refractivity contribution >= 4 is 34.4 Å². The Kier molecular flexibility index (Phi) is 8.57. The number of aliphatic imine (C=N–C) groups is 1. The zero-order valence-corrected chi connectivity index (χ0v) is 24.4. The minimum Gasteiger partial charge on any atom is -0.311 e. The highest BCUT2D eigenvalue weighted by molar-refractivity contribution is 7.15. The van der Waals surface area contributed by atoms with Crippen LogP contribution in [-0.2, 0) is 11.3 Å². The summed E-state index contributed by atoms with van der Waals surface area (Å²) in [7, 11) is 2.17. The van der Waals surface area contributed by atoms with Gasteiger partial charge in [-0.3, -0.25) is 14.4 Å². The fourth-order valence-corrected chi connectivity index (χ4v) is 6.75. The van der Waals surface area contributed by atoms with Crippen molar-refractivity contribution in [3.63, 3.8) is 0 Å². The van der Waals surface area contributed by atoms with Crippen molar-refractivity contribution in [3.05, 3.63) is 73.9 Å². The number of rotatable bonds is 9. The highest BCUT2D eigenvalue weighted by atomic mass is 35.5. The molecule has 10 heteroatoms. The Morgan fingerprint density at radius 3 is 2.59 bits per heavy atom. The summed E-state index contributed by atoms with van der Waals surface area (Å²) >= 11 is 7.79.